The molecule has 0 atom stereocenters. The van der Waals surface area contributed by atoms with Gasteiger partial charge in [-0.3, -0.25) is 0 Å². The van der Waals surface area contributed by atoms with E-state index in [2.05, 4.69) is 10.2 Å². The molecule has 0 spiro atoms. The van der Waals surface area contributed by atoms with Gasteiger partial charge in [-0.2, -0.15) is 5.10 Å². The number of hydrogen-bond acceptors (Lipinski definition) is 5. The van der Waals surface area contributed by atoms with Crippen molar-refractivity contribution in [2.75, 3.05) is 18.6 Å². The number of aliphatic hydroxyl groups excluding tert-OH is 1. The van der Waals surface area contributed by atoms with Gasteiger partial charge >= 0.3 is 0 Å². The van der Waals surface area contributed by atoms with Crippen LogP contribution in [-0.2, 0) is 6.54 Å². The summed E-state index contributed by atoms with van der Waals surface area (Å²) in [5, 5.41) is 17.2. The van der Waals surface area contributed by atoms with Crippen molar-refractivity contribution in [3.63, 3.8) is 0 Å². The number of likely N-dealkylation sites (N-methyl/N-ethyl adjacent to an activating group) is 1. The molecule has 15 heavy (non-hydrogen) atoms. The second-order valence-corrected chi connectivity index (χ2v) is 4.11. The Balaban J connectivity index is 3.05. The Bertz CT molecular complexity index is 327. The first-order valence-corrected chi connectivity index (χ1v) is 4.88. The zero-order chi connectivity index (χ0) is 11.5. The normalized spacial score (nSPS) is 11.5. The van der Waals surface area contributed by atoms with Crippen molar-refractivity contribution in [1.29, 1.82) is 0 Å². The van der Waals surface area contributed by atoms with Crippen LogP contribution < -0.4 is 10.6 Å². The van der Waals surface area contributed by atoms with Gasteiger partial charge in [0.2, 0.25) is 0 Å². The maximum atomic E-state index is 9.27. The third kappa shape index (κ3) is 2.43. The van der Waals surface area contributed by atoms with Crippen molar-refractivity contribution in [1.82, 2.24) is 10.2 Å². The molecule has 0 saturated heterocycles. The first-order chi connectivity index (χ1) is 7.03. The van der Waals surface area contributed by atoms with Gasteiger partial charge in [0.1, 0.15) is 0 Å². The molecule has 0 fully saturated rings. The van der Waals surface area contributed by atoms with Gasteiger partial charge in [0, 0.05) is 19.2 Å². The minimum Gasteiger partial charge on any atom is -0.394 e. The van der Waals surface area contributed by atoms with Gasteiger partial charge in [-0.25, -0.2) is 0 Å². The standard InChI is InChI=1S/C10H18N4O/c1-10(2,7-15)14(3)9-8(6-11)4-5-12-13-9/h4-5,15H,6-7,11H2,1-3H3. The zero-order valence-electron chi connectivity index (χ0n) is 9.44. The molecule has 0 aliphatic heterocycles. The second-order valence-electron chi connectivity index (χ2n) is 4.11. The molecule has 0 radical (unpaired) electrons. The third-order valence-electron chi connectivity index (χ3n) is 2.61. The smallest absolute Gasteiger partial charge is 0.156 e. The average Bonchev–Trinajstić information content (AvgIpc) is 2.28. The van der Waals surface area contributed by atoms with E-state index >= 15 is 0 Å². The molecule has 5 heteroatoms. The molecule has 1 heterocycles. The Kier molecular flexibility index (Phi) is 3.60. The molecule has 0 amide bonds. The fraction of sp³-hybridized carbons (Fsp3) is 0.600. The van der Waals surface area contributed by atoms with E-state index in [0.29, 0.717) is 6.54 Å². The molecule has 0 bridgehead atoms. The third-order valence-corrected chi connectivity index (χ3v) is 2.61. The molecule has 84 valence electrons. The molecule has 0 saturated carbocycles. The van der Waals surface area contributed by atoms with E-state index < -0.39 is 0 Å². The fourth-order valence-corrected chi connectivity index (χ4v) is 1.18. The summed E-state index contributed by atoms with van der Waals surface area (Å²) in [5.74, 6) is 0.721. The van der Waals surface area contributed by atoms with E-state index in [1.807, 2.05) is 31.9 Å². The van der Waals surface area contributed by atoms with Gasteiger partial charge in [-0.15, -0.1) is 5.10 Å². The van der Waals surface area contributed by atoms with Crippen LogP contribution in [0, 0.1) is 0 Å². The van der Waals surface area contributed by atoms with Crippen LogP contribution in [0.2, 0.25) is 0 Å². The molecule has 0 unspecified atom stereocenters. The maximum absolute atomic E-state index is 9.27. The number of hydrogen-bond donors (Lipinski definition) is 2. The summed E-state index contributed by atoms with van der Waals surface area (Å²) in [4.78, 5) is 1.89. The van der Waals surface area contributed by atoms with Crippen molar-refractivity contribution in [2.24, 2.45) is 5.73 Å². The summed E-state index contributed by atoms with van der Waals surface area (Å²) in [6, 6.07) is 1.84. The van der Waals surface area contributed by atoms with E-state index in [9.17, 15) is 5.11 Å². The van der Waals surface area contributed by atoms with Gasteiger partial charge in [0.15, 0.2) is 5.82 Å². The Hall–Kier alpha value is -1.20. The Morgan fingerprint density at radius 2 is 2.20 bits per heavy atom. The maximum Gasteiger partial charge on any atom is 0.156 e. The van der Waals surface area contributed by atoms with Crippen molar-refractivity contribution in [3.8, 4) is 0 Å². The van der Waals surface area contributed by atoms with E-state index in [1.165, 1.54) is 0 Å². The van der Waals surface area contributed by atoms with Crippen LogP contribution in [0.1, 0.15) is 19.4 Å². The van der Waals surface area contributed by atoms with Gasteiger partial charge < -0.3 is 15.7 Å². The molecule has 3 N–H and O–H groups in total. The molecule has 0 aliphatic rings. The molecule has 5 nitrogen and oxygen atoms in total. The second kappa shape index (κ2) is 4.55. The number of nitrogens with zero attached hydrogens (tertiary/aromatic N) is 3. The highest BCUT2D eigenvalue weighted by molar-refractivity contribution is 5.47. The van der Waals surface area contributed by atoms with E-state index in [0.717, 1.165) is 11.4 Å². The van der Waals surface area contributed by atoms with Crippen LogP contribution in [-0.4, -0.2) is 34.5 Å². The number of rotatable bonds is 4. The highest BCUT2D eigenvalue weighted by atomic mass is 16.3. The van der Waals surface area contributed by atoms with Gasteiger partial charge in [0.05, 0.1) is 18.3 Å². The van der Waals surface area contributed by atoms with Crippen LogP contribution >= 0.6 is 0 Å². The highest BCUT2D eigenvalue weighted by Crippen LogP contribution is 2.22. The fourth-order valence-electron chi connectivity index (χ4n) is 1.18. The van der Waals surface area contributed by atoms with Crippen LogP contribution in [0.5, 0.6) is 0 Å². The monoisotopic (exact) mass is 210 g/mol. The molecule has 1 aromatic heterocycles. The molecule has 1 aromatic rings. The minimum atomic E-state index is -0.375. The van der Waals surface area contributed by atoms with E-state index in [4.69, 9.17) is 5.73 Å². The number of aliphatic hydroxyl groups is 1. The van der Waals surface area contributed by atoms with E-state index in [1.54, 1.807) is 6.20 Å². The SMILES string of the molecule is CN(c1nnccc1CN)C(C)(C)CO. The largest absolute Gasteiger partial charge is 0.394 e. The summed E-state index contributed by atoms with van der Waals surface area (Å²) in [5.41, 5.74) is 6.17. The molecule has 0 aliphatic carbocycles. The van der Waals surface area contributed by atoms with Crippen LogP contribution in [0.25, 0.3) is 0 Å². The summed E-state index contributed by atoms with van der Waals surface area (Å²) in [6.07, 6.45) is 1.62. The van der Waals surface area contributed by atoms with E-state index in [-0.39, 0.29) is 12.1 Å². The lowest BCUT2D eigenvalue weighted by Crippen LogP contribution is -2.45. The van der Waals surface area contributed by atoms with Gasteiger partial charge in [-0.05, 0) is 19.9 Å². The first-order valence-electron chi connectivity index (χ1n) is 4.88. The Morgan fingerprint density at radius 1 is 1.53 bits per heavy atom. The van der Waals surface area contributed by atoms with Gasteiger partial charge in [0.25, 0.3) is 0 Å². The van der Waals surface area contributed by atoms with Crippen molar-refractivity contribution in [2.45, 2.75) is 25.9 Å². The summed E-state index contributed by atoms with van der Waals surface area (Å²) in [6.45, 7) is 4.32. The lowest BCUT2D eigenvalue weighted by atomic mass is 10.0. The predicted molar refractivity (Wildman–Crippen MR) is 59.5 cm³/mol. The molecular formula is C10H18N4O. The minimum absolute atomic E-state index is 0.0457. The summed E-state index contributed by atoms with van der Waals surface area (Å²) in [7, 11) is 1.87. The van der Waals surface area contributed by atoms with Crippen molar-refractivity contribution < 1.29 is 5.11 Å². The Labute approximate surface area is 89.9 Å². The lowest BCUT2D eigenvalue weighted by Gasteiger charge is -2.35. The van der Waals surface area contributed by atoms with Crippen molar-refractivity contribution >= 4 is 5.82 Å². The van der Waals surface area contributed by atoms with Crippen LogP contribution in [0.4, 0.5) is 5.82 Å². The molecule has 1 rings (SSSR count). The van der Waals surface area contributed by atoms with Gasteiger partial charge in [-0.1, -0.05) is 0 Å². The van der Waals surface area contributed by atoms with Crippen LogP contribution in [0.15, 0.2) is 12.3 Å². The molecular weight excluding hydrogens is 192 g/mol. The number of aromatic nitrogens is 2. The Morgan fingerprint density at radius 3 is 2.73 bits per heavy atom. The number of nitrogens with two attached hydrogens (primary N) is 1. The zero-order valence-corrected chi connectivity index (χ0v) is 9.44. The first kappa shape index (κ1) is 11.9. The average molecular weight is 210 g/mol. The number of anilines is 1. The predicted octanol–water partition coefficient (Wildman–Crippen LogP) is 0.142. The summed E-state index contributed by atoms with van der Waals surface area (Å²) >= 11 is 0. The molecule has 0 aromatic carbocycles. The van der Waals surface area contributed by atoms with Crippen molar-refractivity contribution in [3.05, 3.63) is 17.8 Å². The summed E-state index contributed by atoms with van der Waals surface area (Å²) < 4.78 is 0. The van der Waals surface area contributed by atoms with Crippen LogP contribution in [0.3, 0.4) is 0 Å². The highest BCUT2D eigenvalue weighted by Gasteiger charge is 2.25. The lowest BCUT2D eigenvalue weighted by molar-refractivity contribution is 0.215. The quantitative estimate of drug-likeness (QED) is 0.739. The topological polar surface area (TPSA) is 75.3 Å².